The highest BCUT2D eigenvalue weighted by molar-refractivity contribution is 5.79. The number of ether oxygens (including phenoxy) is 1. The Morgan fingerprint density at radius 2 is 1.71 bits per heavy atom. The summed E-state index contributed by atoms with van der Waals surface area (Å²) in [5, 5.41) is 44.8. The van der Waals surface area contributed by atoms with Crippen LogP contribution >= 0.6 is 0 Å². The van der Waals surface area contributed by atoms with Crippen LogP contribution in [0.3, 0.4) is 0 Å². The first-order valence-electron chi connectivity index (χ1n) is 4.62. The van der Waals surface area contributed by atoms with E-state index < -0.39 is 49.5 Å². The Bertz CT molecular complexity index is 270. The fourth-order valence-corrected chi connectivity index (χ4v) is 0.971. The van der Waals surface area contributed by atoms with E-state index in [2.05, 4.69) is 4.74 Å². The molecule has 17 heavy (non-hydrogen) atoms. The van der Waals surface area contributed by atoms with Crippen LogP contribution in [0.25, 0.3) is 0 Å². The van der Waals surface area contributed by atoms with Gasteiger partial charge in [-0.2, -0.15) is 0 Å². The third-order valence-corrected chi connectivity index (χ3v) is 1.91. The molecular formula is C8H15NO8. The molecule has 100 valence electrons. The predicted molar refractivity (Wildman–Crippen MR) is 51.7 cm³/mol. The smallest absolute Gasteiger partial charge is 0.347 e. The van der Waals surface area contributed by atoms with E-state index in [-0.39, 0.29) is 0 Å². The van der Waals surface area contributed by atoms with Crippen molar-refractivity contribution in [3.63, 3.8) is 0 Å². The Kier molecular flexibility index (Phi) is 6.61. The second-order valence-electron chi connectivity index (χ2n) is 3.18. The molecule has 0 rings (SSSR count). The number of aliphatic carboxylic acids is 1. The standard InChI is InChI=1S/C8H15NO8/c9-1-4(12)17-7(8(15)16)6(14)5(13)3(11)2-10/h3,5-7,10-11,13-14H,1-2,9H2,(H,15,16)/t3-,5-,6+,7-/m1/s1. The normalized spacial score (nSPS) is 17.9. The van der Waals surface area contributed by atoms with E-state index in [0.717, 1.165) is 0 Å². The molecule has 0 aliphatic carbocycles. The quantitative estimate of drug-likeness (QED) is 0.247. The van der Waals surface area contributed by atoms with Crippen LogP contribution in [-0.4, -0.2) is 75.0 Å². The zero-order chi connectivity index (χ0) is 13.6. The van der Waals surface area contributed by atoms with Crippen molar-refractivity contribution in [1.29, 1.82) is 0 Å². The summed E-state index contributed by atoms with van der Waals surface area (Å²) in [6.45, 7) is -1.50. The SMILES string of the molecule is NCC(=O)O[C@@H](C(=O)O)[C@@H](O)[C@H](O)[C@H](O)CO. The maximum Gasteiger partial charge on any atom is 0.347 e. The molecule has 0 heterocycles. The number of carbonyl (C=O) groups is 2. The topological polar surface area (TPSA) is 171 Å². The number of aliphatic hydroxyl groups excluding tert-OH is 4. The van der Waals surface area contributed by atoms with Crippen LogP contribution in [0.2, 0.25) is 0 Å². The van der Waals surface area contributed by atoms with Crippen LogP contribution in [0.15, 0.2) is 0 Å². The van der Waals surface area contributed by atoms with E-state index in [0.29, 0.717) is 0 Å². The van der Waals surface area contributed by atoms with E-state index in [4.69, 9.17) is 21.1 Å². The summed E-state index contributed by atoms with van der Waals surface area (Å²) in [4.78, 5) is 21.5. The molecule has 0 aliphatic rings. The lowest BCUT2D eigenvalue weighted by Crippen LogP contribution is -2.50. The fourth-order valence-electron chi connectivity index (χ4n) is 0.971. The molecule has 0 unspecified atom stereocenters. The highest BCUT2D eigenvalue weighted by Crippen LogP contribution is 2.09. The van der Waals surface area contributed by atoms with Crippen molar-refractivity contribution in [2.75, 3.05) is 13.2 Å². The highest BCUT2D eigenvalue weighted by atomic mass is 16.6. The number of aliphatic hydroxyl groups is 4. The maximum absolute atomic E-state index is 10.8. The molecule has 9 heteroatoms. The lowest BCUT2D eigenvalue weighted by Gasteiger charge is -2.25. The Balaban J connectivity index is 4.70. The van der Waals surface area contributed by atoms with Gasteiger partial charge in [0.2, 0.25) is 6.10 Å². The van der Waals surface area contributed by atoms with Gasteiger partial charge in [-0.05, 0) is 0 Å². The molecule has 0 bridgehead atoms. The van der Waals surface area contributed by atoms with Gasteiger partial charge in [-0.3, -0.25) is 4.79 Å². The third-order valence-electron chi connectivity index (χ3n) is 1.91. The minimum Gasteiger partial charge on any atom is -0.478 e. The molecule has 0 fully saturated rings. The lowest BCUT2D eigenvalue weighted by molar-refractivity contribution is -0.181. The zero-order valence-electron chi connectivity index (χ0n) is 8.76. The van der Waals surface area contributed by atoms with Gasteiger partial charge < -0.3 is 36.0 Å². The van der Waals surface area contributed by atoms with Crippen molar-refractivity contribution in [3.8, 4) is 0 Å². The van der Waals surface area contributed by atoms with Crippen LogP contribution in [-0.2, 0) is 14.3 Å². The molecule has 0 aliphatic heterocycles. The van der Waals surface area contributed by atoms with Gasteiger partial charge in [-0.25, -0.2) is 4.79 Å². The highest BCUT2D eigenvalue weighted by Gasteiger charge is 2.38. The van der Waals surface area contributed by atoms with Crippen LogP contribution in [0.1, 0.15) is 0 Å². The third kappa shape index (κ3) is 4.63. The minimum absolute atomic E-state index is 0.602. The van der Waals surface area contributed by atoms with E-state index in [9.17, 15) is 19.8 Å². The number of hydrogen-bond acceptors (Lipinski definition) is 8. The zero-order valence-corrected chi connectivity index (χ0v) is 8.76. The molecule has 0 amide bonds. The first-order chi connectivity index (χ1) is 7.84. The molecule has 7 N–H and O–H groups in total. The summed E-state index contributed by atoms with van der Waals surface area (Å²) in [7, 11) is 0. The van der Waals surface area contributed by atoms with Crippen LogP contribution in [0.5, 0.6) is 0 Å². The van der Waals surface area contributed by atoms with E-state index >= 15 is 0 Å². The Hall–Kier alpha value is -1.26. The number of rotatable bonds is 7. The Morgan fingerprint density at radius 3 is 2.06 bits per heavy atom. The molecule has 0 spiro atoms. The summed E-state index contributed by atoms with van der Waals surface area (Å²) in [6.07, 6.45) is -7.91. The molecule has 4 atom stereocenters. The second-order valence-corrected chi connectivity index (χ2v) is 3.18. The molecule has 0 radical (unpaired) electrons. The molecule has 9 nitrogen and oxygen atoms in total. The number of hydrogen-bond donors (Lipinski definition) is 6. The van der Waals surface area contributed by atoms with Gasteiger partial charge >= 0.3 is 11.9 Å². The fraction of sp³-hybridized carbons (Fsp3) is 0.750. The second kappa shape index (κ2) is 7.14. The van der Waals surface area contributed by atoms with Gasteiger partial charge in [0.05, 0.1) is 13.2 Å². The largest absolute Gasteiger partial charge is 0.478 e. The van der Waals surface area contributed by atoms with Crippen molar-refractivity contribution in [3.05, 3.63) is 0 Å². The molecule has 0 aromatic heterocycles. The first-order valence-corrected chi connectivity index (χ1v) is 4.62. The van der Waals surface area contributed by atoms with Gasteiger partial charge in [0.1, 0.15) is 18.3 Å². The Labute approximate surface area is 96.0 Å². The van der Waals surface area contributed by atoms with E-state index in [1.165, 1.54) is 0 Å². The first kappa shape index (κ1) is 15.7. The number of carbonyl (C=O) groups excluding carboxylic acids is 1. The van der Waals surface area contributed by atoms with Crippen molar-refractivity contribution in [2.24, 2.45) is 5.73 Å². The number of esters is 1. The average molecular weight is 253 g/mol. The number of carboxylic acids is 1. The molecule has 0 saturated carbocycles. The summed E-state index contributed by atoms with van der Waals surface area (Å²) in [5.41, 5.74) is 4.88. The minimum atomic E-state index is -2.09. The summed E-state index contributed by atoms with van der Waals surface area (Å²) >= 11 is 0. The van der Waals surface area contributed by atoms with Gasteiger partial charge in [-0.15, -0.1) is 0 Å². The molecular weight excluding hydrogens is 238 g/mol. The Morgan fingerprint density at radius 1 is 1.18 bits per heavy atom. The number of nitrogens with two attached hydrogens (primary N) is 1. The van der Waals surface area contributed by atoms with E-state index in [1.54, 1.807) is 0 Å². The number of carboxylic acid groups (broad SMARTS) is 1. The predicted octanol–water partition coefficient (Wildman–Crippen LogP) is -3.98. The summed E-state index contributed by atoms with van der Waals surface area (Å²) in [5.74, 6) is -2.81. The summed E-state index contributed by atoms with van der Waals surface area (Å²) < 4.78 is 4.27. The van der Waals surface area contributed by atoms with Gasteiger partial charge in [-0.1, -0.05) is 0 Å². The van der Waals surface area contributed by atoms with Crippen LogP contribution in [0, 0.1) is 0 Å². The lowest BCUT2D eigenvalue weighted by atomic mass is 10.0. The monoisotopic (exact) mass is 253 g/mol. The van der Waals surface area contributed by atoms with Crippen molar-refractivity contribution in [1.82, 2.24) is 0 Å². The summed E-state index contributed by atoms with van der Waals surface area (Å²) in [6, 6.07) is 0. The van der Waals surface area contributed by atoms with Crippen LogP contribution < -0.4 is 5.73 Å². The van der Waals surface area contributed by atoms with Gasteiger partial charge in [0, 0.05) is 0 Å². The van der Waals surface area contributed by atoms with Gasteiger partial charge in [0.25, 0.3) is 0 Å². The van der Waals surface area contributed by atoms with E-state index in [1.807, 2.05) is 0 Å². The van der Waals surface area contributed by atoms with Crippen LogP contribution in [0.4, 0.5) is 0 Å². The van der Waals surface area contributed by atoms with Gasteiger partial charge in [0.15, 0.2) is 0 Å². The molecule has 0 aromatic carbocycles. The van der Waals surface area contributed by atoms with Crippen molar-refractivity contribution < 1.29 is 39.9 Å². The van der Waals surface area contributed by atoms with Crippen molar-refractivity contribution in [2.45, 2.75) is 24.4 Å². The maximum atomic E-state index is 10.8. The molecule has 0 aromatic rings. The van der Waals surface area contributed by atoms with Crippen molar-refractivity contribution >= 4 is 11.9 Å². The molecule has 0 saturated heterocycles. The average Bonchev–Trinajstić information content (AvgIpc) is 2.32.